The zero-order valence-corrected chi connectivity index (χ0v) is 14.2. The van der Waals surface area contributed by atoms with E-state index in [4.69, 9.17) is 27.9 Å². The molecular weight excluding hydrogens is 327 g/mol. The van der Waals surface area contributed by atoms with Crippen LogP contribution < -0.4 is 4.74 Å². The van der Waals surface area contributed by atoms with Crippen molar-refractivity contribution in [2.75, 3.05) is 0 Å². The Morgan fingerprint density at radius 1 is 0.783 bits per heavy atom. The van der Waals surface area contributed by atoms with Gasteiger partial charge in [0.25, 0.3) is 0 Å². The van der Waals surface area contributed by atoms with Gasteiger partial charge in [-0.25, -0.2) is 0 Å². The van der Waals surface area contributed by atoms with E-state index in [0.717, 1.165) is 5.56 Å². The maximum absolute atomic E-state index is 6.15. The Balaban J connectivity index is 1.87. The average molecular weight is 343 g/mol. The Bertz CT molecular complexity index is 793. The lowest BCUT2D eigenvalue weighted by Crippen LogP contribution is -2.00. The van der Waals surface area contributed by atoms with Crippen LogP contribution in [-0.2, 0) is 6.61 Å². The maximum atomic E-state index is 6.15. The second-order valence-corrected chi connectivity index (χ2v) is 6.11. The third-order valence-corrected chi connectivity index (χ3v) is 4.42. The molecule has 0 unspecified atom stereocenters. The first-order chi connectivity index (χ1) is 11.2. The quantitative estimate of drug-likeness (QED) is 0.522. The molecular formula is C20H16Cl2O. The number of halogens is 2. The van der Waals surface area contributed by atoms with E-state index >= 15 is 0 Å². The molecule has 0 bridgehead atoms. The summed E-state index contributed by atoms with van der Waals surface area (Å²) in [5.74, 6) is 0.528. The standard InChI is InChI=1S/C20H16Cl2O/c1-14-16(13-23-20-18(21)11-6-12-19(20)22)9-5-10-17(14)15-7-3-2-4-8-15/h2-12H,13H2,1H3. The summed E-state index contributed by atoms with van der Waals surface area (Å²) in [5.41, 5.74) is 4.71. The van der Waals surface area contributed by atoms with Gasteiger partial charge in [-0.3, -0.25) is 0 Å². The van der Waals surface area contributed by atoms with E-state index in [1.54, 1.807) is 18.2 Å². The molecule has 0 fully saturated rings. The van der Waals surface area contributed by atoms with Crippen molar-refractivity contribution < 1.29 is 4.74 Å². The third-order valence-electron chi connectivity index (χ3n) is 3.82. The molecule has 1 nitrogen and oxygen atoms in total. The van der Waals surface area contributed by atoms with Gasteiger partial charge in [-0.1, -0.05) is 77.8 Å². The topological polar surface area (TPSA) is 9.23 Å². The van der Waals surface area contributed by atoms with Gasteiger partial charge >= 0.3 is 0 Å². The van der Waals surface area contributed by atoms with Gasteiger partial charge in [0.15, 0.2) is 5.75 Å². The molecule has 0 aromatic heterocycles. The smallest absolute Gasteiger partial charge is 0.156 e. The number of rotatable bonds is 4. The molecule has 116 valence electrons. The summed E-state index contributed by atoms with van der Waals surface area (Å²) in [5, 5.41) is 1.05. The van der Waals surface area contributed by atoms with Gasteiger partial charge in [-0.15, -0.1) is 0 Å². The number of hydrogen-bond donors (Lipinski definition) is 0. The van der Waals surface area contributed by atoms with E-state index in [2.05, 4.69) is 31.2 Å². The zero-order valence-electron chi connectivity index (χ0n) is 12.7. The van der Waals surface area contributed by atoms with Crippen LogP contribution in [0.3, 0.4) is 0 Å². The van der Waals surface area contributed by atoms with Crippen molar-refractivity contribution in [3.8, 4) is 16.9 Å². The van der Waals surface area contributed by atoms with Gasteiger partial charge in [0.05, 0.1) is 10.0 Å². The van der Waals surface area contributed by atoms with E-state index in [9.17, 15) is 0 Å². The molecule has 0 spiro atoms. The summed E-state index contributed by atoms with van der Waals surface area (Å²) in [4.78, 5) is 0. The lowest BCUT2D eigenvalue weighted by Gasteiger charge is -2.14. The third kappa shape index (κ3) is 3.52. The first-order valence-electron chi connectivity index (χ1n) is 7.37. The molecule has 3 heteroatoms. The first kappa shape index (κ1) is 15.9. The Kier molecular flexibility index (Phi) is 4.90. The van der Waals surface area contributed by atoms with Gasteiger partial charge in [0.1, 0.15) is 6.61 Å². The minimum absolute atomic E-state index is 0.427. The molecule has 23 heavy (non-hydrogen) atoms. The number of para-hydroxylation sites is 1. The van der Waals surface area contributed by atoms with E-state index in [0.29, 0.717) is 22.4 Å². The molecule has 0 aliphatic heterocycles. The van der Waals surface area contributed by atoms with Crippen LogP contribution >= 0.6 is 23.2 Å². The molecule has 3 aromatic rings. The molecule has 3 aromatic carbocycles. The first-order valence-corrected chi connectivity index (χ1v) is 8.13. The van der Waals surface area contributed by atoms with Crippen molar-refractivity contribution in [3.63, 3.8) is 0 Å². The SMILES string of the molecule is Cc1c(COc2c(Cl)cccc2Cl)cccc1-c1ccccc1. The molecule has 0 atom stereocenters. The highest BCUT2D eigenvalue weighted by molar-refractivity contribution is 6.37. The predicted octanol–water partition coefficient (Wildman–Crippen LogP) is 6.55. The number of benzene rings is 3. The van der Waals surface area contributed by atoms with Crippen molar-refractivity contribution in [1.82, 2.24) is 0 Å². The molecule has 0 radical (unpaired) electrons. The van der Waals surface area contributed by atoms with E-state index in [-0.39, 0.29) is 0 Å². The Hall–Kier alpha value is -1.96. The van der Waals surface area contributed by atoms with Crippen molar-refractivity contribution in [2.24, 2.45) is 0 Å². The number of hydrogen-bond acceptors (Lipinski definition) is 1. The zero-order chi connectivity index (χ0) is 16.2. The van der Waals surface area contributed by atoms with Crippen molar-refractivity contribution in [2.45, 2.75) is 13.5 Å². The van der Waals surface area contributed by atoms with Gasteiger partial charge in [0.2, 0.25) is 0 Å². The van der Waals surface area contributed by atoms with Crippen LogP contribution in [0.5, 0.6) is 5.75 Å². The van der Waals surface area contributed by atoms with Crippen LogP contribution in [0.25, 0.3) is 11.1 Å². The molecule has 3 rings (SSSR count). The summed E-state index contributed by atoms with van der Waals surface area (Å²) >= 11 is 12.3. The molecule has 0 amide bonds. The minimum atomic E-state index is 0.427. The highest BCUT2D eigenvalue weighted by Gasteiger charge is 2.10. The van der Waals surface area contributed by atoms with Gasteiger partial charge in [-0.2, -0.15) is 0 Å². The predicted molar refractivity (Wildman–Crippen MR) is 97.4 cm³/mol. The average Bonchev–Trinajstić information content (AvgIpc) is 2.56. The van der Waals surface area contributed by atoms with Crippen molar-refractivity contribution >= 4 is 23.2 Å². The van der Waals surface area contributed by atoms with Gasteiger partial charge < -0.3 is 4.74 Å². The summed E-state index contributed by atoms with van der Waals surface area (Å²) in [6.45, 7) is 2.53. The second-order valence-electron chi connectivity index (χ2n) is 5.30. The van der Waals surface area contributed by atoms with Crippen LogP contribution in [0.2, 0.25) is 10.0 Å². The molecule has 0 N–H and O–H groups in total. The Morgan fingerprint density at radius 2 is 1.43 bits per heavy atom. The summed E-state index contributed by atoms with van der Waals surface area (Å²) < 4.78 is 5.86. The Labute approximate surface area is 146 Å². The van der Waals surface area contributed by atoms with Crippen LogP contribution in [0, 0.1) is 6.92 Å². The summed E-state index contributed by atoms with van der Waals surface area (Å²) in [6.07, 6.45) is 0. The highest BCUT2D eigenvalue weighted by atomic mass is 35.5. The van der Waals surface area contributed by atoms with E-state index < -0.39 is 0 Å². The van der Waals surface area contributed by atoms with Crippen molar-refractivity contribution in [3.05, 3.63) is 87.9 Å². The van der Waals surface area contributed by atoms with Gasteiger partial charge in [0, 0.05) is 0 Å². The lowest BCUT2D eigenvalue weighted by atomic mass is 9.97. The molecule has 0 aliphatic carbocycles. The van der Waals surface area contributed by atoms with E-state index in [1.165, 1.54) is 16.7 Å². The van der Waals surface area contributed by atoms with Crippen LogP contribution in [-0.4, -0.2) is 0 Å². The van der Waals surface area contributed by atoms with Crippen LogP contribution in [0.15, 0.2) is 66.7 Å². The normalized spacial score (nSPS) is 10.6. The molecule has 0 saturated carbocycles. The molecule has 0 saturated heterocycles. The highest BCUT2D eigenvalue weighted by Crippen LogP contribution is 2.33. The molecule has 0 heterocycles. The van der Waals surface area contributed by atoms with Gasteiger partial charge in [-0.05, 0) is 41.3 Å². The van der Waals surface area contributed by atoms with Crippen molar-refractivity contribution in [1.29, 1.82) is 0 Å². The second kappa shape index (κ2) is 7.08. The summed E-state index contributed by atoms with van der Waals surface area (Å²) in [7, 11) is 0. The monoisotopic (exact) mass is 342 g/mol. The fraction of sp³-hybridized carbons (Fsp3) is 0.100. The Morgan fingerprint density at radius 3 is 2.13 bits per heavy atom. The number of ether oxygens (including phenoxy) is 1. The fourth-order valence-corrected chi connectivity index (χ4v) is 3.05. The summed E-state index contributed by atoms with van der Waals surface area (Å²) in [6, 6.07) is 21.9. The fourth-order valence-electron chi connectivity index (χ4n) is 2.54. The van der Waals surface area contributed by atoms with Crippen LogP contribution in [0.1, 0.15) is 11.1 Å². The molecule has 0 aliphatic rings. The lowest BCUT2D eigenvalue weighted by molar-refractivity contribution is 0.306. The van der Waals surface area contributed by atoms with E-state index in [1.807, 2.05) is 24.3 Å². The van der Waals surface area contributed by atoms with Crippen LogP contribution in [0.4, 0.5) is 0 Å². The maximum Gasteiger partial charge on any atom is 0.156 e. The largest absolute Gasteiger partial charge is 0.486 e. The minimum Gasteiger partial charge on any atom is -0.486 e.